The second kappa shape index (κ2) is 7.48. The lowest BCUT2D eigenvalue weighted by atomic mass is 10.1. The van der Waals surface area contributed by atoms with E-state index in [1.54, 1.807) is 12.1 Å². The molecule has 0 spiro atoms. The Morgan fingerprint density at radius 2 is 1.96 bits per heavy atom. The maximum absolute atomic E-state index is 13.2. The smallest absolute Gasteiger partial charge is 0.245 e. The lowest BCUT2D eigenvalue weighted by molar-refractivity contribution is 0.290. The molecule has 2 aromatic carbocycles. The van der Waals surface area contributed by atoms with Crippen molar-refractivity contribution in [2.75, 3.05) is 6.54 Å². The predicted octanol–water partition coefficient (Wildman–Crippen LogP) is 4.13. The summed E-state index contributed by atoms with van der Waals surface area (Å²) in [6.45, 7) is 4.49. The molecular weight excluding hydrogens is 374 g/mol. The molecular formula is C21H23N3O3S. The number of benzene rings is 2. The number of nitrogens with zero attached hydrogens (tertiary/aromatic N) is 3. The van der Waals surface area contributed by atoms with Crippen LogP contribution < -0.4 is 0 Å². The summed E-state index contributed by atoms with van der Waals surface area (Å²) in [4.78, 5) is 4.81. The van der Waals surface area contributed by atoms with Crippen LogP contribution in [0, 0.1) is 6.92 Å². The molecule has 2 heterocycles. The first-order valence-corrected chi connectivity index (χ1v) is 10.9. The number of aryl methyl sites for hydroxylation is 2. The van der Waals surface area contributed by atoms with Crippen LogP contribution in [0.3, 0.4) is 0 Å². The molecule has 1 atom stereocenters. The second-order valence-electron chi connectivity index (χ2n) is 7.10. The minimum atomic E-state index is -3.62. The van der Waals surface area contributed by atoms with Crippen molar-refractivity contribution in [1.82, 2.24) is 14.4 Å². The first kappa shape index (κ1) is 18.8. The molecule has 1 aliphatic rings. The van der Waals surface area contributed by atoms with E-state index < -0.39 is 16.1 Å². The molecule has 28 heavy (non-hydrogen) atoms. The van der Waals surface area contributed by atoms with Crippen molar-refractivity contribution >= 4 is 10.0 Å². The van der Waals surface area contributed by atoms with Gasteiger partial charge in [0, 0.05) is 12.1 Å². The van der Waals surface area contributed by atoms with Gasteiger partial charge in [0.1, 0.15) is 6.04 Å². The number of rotatable bonds is 5. The molecule has 146 valence electrons. The summed E-state index contributed by atoms with van der Waals surface area (Å²) in [5, 5.41) is 4.08. The topological polar surface area (TPSA) is 76.3 Å². The third kappa shape index (κ3) is 3.47. The van der Waals surface area contributed by atoms with Gasteiger partial charge in [-0.15, -0.1) is 0 Å². The molecule has 4 rings (SSSR count). The van der Waals surface area contributed by atoms with Crippen molar-refractivity contribution in [3.8, 4) is 11.4 Å². The predicted molar refractivity (Wildman–Crippen MR) is 106 cm³/mol. The normalized spacial score (nSPS) is 17.9. The van der Waals surface area contributed by atoms with E-state index in [0.717, 1.165) is 29.5 Å². The Morgan fingerprint density at radius 3 is 2.68 bits per heavy atom. The average Bonchev–Trinajstić information content (AvgIpc) is 3.37. The molecule has 6 nitrogen and oxygen atoms in total. The Labute approximate surface area is 165 Å². The molecule has 1 aromatic heterocycles. The van der Waals surface area contributed by atoms with Gasteiger partial charge in [-0.25, -0.2) is 8.42 Å². The van der Waals surface area contributed by atoms with Gasteiger partial charge < -0.3 is 4.52 Å². The molecule has 1 saturated heterocycles. The molecule has 0 saturated carbocycles. The quantitative estimate of drug-likeness (QED) is 0.647. The Hall–Kier alpha value is -2.51. The minimum Gasteiger partial charge on any atom is -0.337 e. The van der Waals surface area contributed by atoms with E-state index in [-0.39, 0.29) is 0 Å². The van der Waals surface area contributed by atoms with Gasteiger partial charge in [-0.3, -0.25) is 0 Å². The van der Waals surface area contributed by atoms with Crippen LogP contribution in [0.5, 0.6) is 0 Å². The van der Waals surface area contributed by atoms with Crippen LogP contribution in [0.25, 0.3) is 11.4 Å². The molecule has 1 aliphatic heterocycles. The summed E-state index contributed by atoms with van der Waals surface area (Å²) in [5.74, 6) is 0.831. The summed E-state index contributed by atoms with van der Waals surface area (Å²) in [5.41, 5.74) is 3.07. The molecule has 0 unspecified atom stereocenters. The summed E-state index contributed by atoms with van der Waals surface area (Å²) in [7, 11) is -3.62. The zero-order chi connectivity index (χ0) is 19.7. The van der Waals surface area contributed by atoms with Crippen molar-refractivity contribution in [2.24, 2.45) is 0 Å². The van der Waals surface area contributed by atoms with E-state index in [2.05, 4.69) is 10.1 Å². The van der Waals surface area contributed by atoms with E-state index in [1.165, 1.54) is 4.31 Å². The largest absolute Gasteiger partial charge is 0.337 e. The van der Waals surface area contributed by atoms with Gasteiger partial charge in [-0.1, -0.05) is 48.0 Å². The first-order chi connectivity index (χ1) is 13.5. The van der Waals surface area contributed by atoms with Crippen LogP contribution in [0.4, 0.5) is 0 Å². The van der Waals surface area contributed by atoms with Crippen LogP contribution in [-0.4, -0.2) is 29.4 Å². The Balaban J connectivity index is 1.63. The maximum atomic E-state index is 13.2. The Bertz CT molecular complexity index is 1070. The van der Waals surface area contributed by atoms with E-state index in [9.17, 15) is 8.42 Å². The fourth-order valence-corrected chi connectivity index (χ4v) is 5.23. The van der Waals surface area contributed by atoms with Gasteiger partial charge in [0.2, 0.25) is 21.7 Å². The van der Waals surface area contributed by atoms with E-state index in [4.69, 9.17) is 4.52 Å². The number of aromatic nitrogens is 2. The summed E-state index contributed by atoms with van der Waals surface area (Å²) >= 11 is 0. The molecule has 3 aromatic rings. The highest BCUT2D eigenvalue weighted by atomic mass is 32.2. The molecule has 7 heteroatoms. The fourth-order valence-electron chi connectivity index (χ4n) is 3.58. The van der Waals surface area contributed by atoms with Crippen LogP contribution in [-0.2, 0) is 16.4 Å². The molecule has 0 radical (unpaired) electrons. The second-order valence-corrected chi connectivity index (χ2v) is 8.99. The van der Waals surface area contributed by atoms with E-state index in [1.807, 2.05) is 50.2 Å². The third-order valence-corrected chi connectivity index (χ3v) is 7.07. The average molecular weight is 398 g/mol. The molecule has 0 amide bonds. The standard InChI is InChI=1S/C21H23N3O3S/c1-3-16-9-11-18(12-10-16)28(25,26)24-13-5-8-19(24)21-22-20(23-27-21)17-7-4-6-15(2)14-17/h4,6-7,9-12,14,19H,3,5,8,13H2,1-2H3/t19-/m0/s1. The SMILES string of the molecule is CCc1ccc(S(=O)(=O)N2CCC[C@H]2c2nc(-c3cccc(C)c3)no2)cc1. The van der Waals surface area contributed by atoms with E-state index >= 15 is 0 Å². The zero-order valence-electron chi connectivity index (χ0n) is 16.0. The van der Waals surface area contributed by atoms with E-state index in [0.29, 0.717) is 29.6 Å². The van der Waals surface area contributed by atoms with Crippen LogP contribution in [0.1, 0.15) is 42.8 Å². The highest BCUT2D eigenvalue weighted by Crippen LogP contribution is 2.36. The van der Waals surface area contributed by atoms with Gasteiger partial charge in [0.15, 0.2) is 0 Å². The fraction of sp³-hybridized carbons (Fsp3) is 0.333. The Morgan fingerprint density at radius 1 is 1.18 bits per heavy atom. The number of hydrogen-bond donors (Lipinski definition) is 0. The summed E-state index contributed by atoms with van der Waals surface area (Å²) in [6, 6.07) is 14.5. The molecule has 0 aliphatic carbocycles. The van der Waals surface area contributed by atoms with Gasteiger partial charge in [-0.05, 0) is 49.9 Å². The van der Waals surface area contributed by atoms with Gasteiger partial charge >= 0.3 is 0 Å². The Kier molecular flexibility index (Phi) is 5.03. The van der Waals surface area contributed by atoms with Gasteiger partial charge in [0.05, 0.1) is 4.90 Å². The van der Waals surface area contributed by atoms with Crippen molar-refractivity contribution in [1.29, 1.82) is 0 Å². The lowest BCUT2D eigenvalue weighted by Crippen LogP contribution is -2.30. The van der Waals surface area contributed by atoms with Gasteiger partial charge in [0.25, 0.3) is 0 Å². The zero-order valence-corrected chi connectivity index (χ0v) is 16.8. The summed E-state index contributed by atoms with van der Waals surface area (Å²) < 4.78 is 33.3. The van der Waals surface area contributed by atoms with Crippen LogP contribution in [0.15, 0.2) is 57.9 Å². The first-order valence-electron chi connectivity index (χ1n) is 9.50. The monoisotopic (exact) mass is 397 g/mol. The minimum absolute atomic E-state index is 0.301. The molecule has 0 bridgehead atoms. The van der Waals surface area contributed by atoms with Crippen LogP contribution >= 0.6 is 0 Å². The molecule has 1 fully saturated rings. The van der Waals surface area contributed by atoms with Crippen molar-refractivity contribution in [3.05, 3.63) is 65.5 Å². The van der Waals surface area contributed by atoms with Crippen LogP contribution in [0.2, 0.25) is 0 Å². The van der Waals surface area contributed by atoms with Gasteiger partial charge in [-0.2, -0.15) is 9.29 Å². The molecule has 0 N–H and O–H groups in total. The number of hydrogen-bond acceptors (Lipinski definition) is 5. The van der Waals surface area contributed by atoms with Crippen molar-refractivity contribution in [3.63, 3.8) is 0 Å². The van der Waals surface area contributed by atoms with Crippen molar-refractivity contribution in [2.45, 2.75) is 44.0 Å². The number of sulfonamides is 1. The third-order valence-electron chi connectivity index (χ3n) is 5.14. The van der Waals surface area contributed by atoms with Crippen molar-refractivity contribution < 1.29 is 12.9 Å². The maximum Gasteiger partial charge on any atom is 0.245 e. The lowest BCUT2D eigenvalue weighted by Gasteiger charge is -2.21. The highest BCUT2D eigenvalue weighted by molar-refractivity contribution is 7.89. The summed E-state index contributed by atoms with van der Waals surface area (Å²) in [6.07, 6.45) is 2.30. The highest BCUT2D eigenvalue weighted by Gasteiger charge is 2.39.